The van der Waals surface area contributed by atoms with E-state index in [1.54, 1.807) is 0 Å². The lowest BCUT2D eigenvalue weighted by atomic mass is 9.67. The van der Waals surface area contributed by atoms with Crippen molar-refractivity contribution in [2.45, 2.75) is 52.5 Å². The summed E-state index contributed by atoms with van der Waals surface area (Å²) >= 11 is 0. The number of hydrogen-bond acceptors (Lipinski definition) is 1. The zero-order valence-electron chi connectivity index (χ0n) is 11.1. The van der Waals surface area contributed by atoms with E-state index >= 15 is 0 Å². The van der Waals surface area contributed by atoms with E-state index in [2.05, 4.69) is 39.6 Å². The Morgan fingerprint density at radius 1 is 1.07 bits per heavy atom. The topological polar surface area (TPSA) is 3.24 Å². The first-order chi connectivity index (χ1) is 6.99. The Balaban J connectivity index is 2.22. The number of nitrogens with zero attached hydrogens (tertiary/aromatic N) is 1. The Bertz CT molecular complexity index is 227. The van der Waals surface area contributed by atoms with Crippen LogP contribution >= 0.6 is 0 Å². The van der Waals surface area contributed by atoms with Crippen LogP contribution in [0.1, 0.15) is 47.0 Å². The second kappa shape index (κ2) is 3.76. The zero-order valence-corrected chi connectivity index (χ0v) is 11.1. The molecule has 0 aromatic rings. The minimum Gasteiger partial charge on any atom is -0.300 e. The minimum atomic E-state index is 0.612. The van der Waals surface area contributed by atoms with Crippen LogP contribution in [0.25, 0.3) is 0 Å². The van der Waals surface area contributed by atoms with Gasteiger partial charge in [-0.2, -0.15) is 0 Å². The van der Waals surface area contributed by atoms with Crippen LogP contribution in [0.5, 0.6) is 0 Å². The maximum Gasteiger partial charge on any atom is 0.0241 e. The molecule has 0 bridgehead atoms. The normalized spacial score (nSPS) is 35.4. The summed E-state index contributed by atoms with van der Waals surface area (Å²) in [5.74, 6) is 3.62. The molecule has 1 saturated heterocycles. The molecular weight excluding hydrogens is 182 g/mol. The Kier molecular flexibility index (Phi) is 2.87. The molecule has 1 aliphatic carbocycles. The Morgan fingerprint density at radius 3 is 2.07 bits per heavy atom. The maximum atomic E-state index is 2.66. The lowest BCUT2D eigenvalue weighted by molar-refractivity contribution is 0.00292. The summed E-state index contributed by atoms with van der Waals surface area (Å²) < 4.78 is 0. The first-order valence-electron chi connectivity index (χ1n) is 6.70. The van der Waals surface area contributed by atoms with Crippen LogP contribution in [0.4, 0.5) is 0 Å². The highest BCUT2D eigenvalue weighted by Crippen LogP contribution is 2.56. The van der Waals surface area contributed by atoms with Gasteiger partial charge >= 0.3 is 0 Å². The predicted molar refractivity (Wildman–Crippen MR) is 65.9 cm³/mol. The number of piperidine rings is 1. The lowest BCUT2D eigenvalue weighted by Crippen LogP contribution is -2.52. The summed E-state index contributed by atoms with van der Waals surface area (Å²) in [6.45, 7) is 11.0. The monoisotopic (exact) mass is 209 g/mol. The van der Waals surface area contributed by atoms with Crippen LogP contribution in [0, 0.1) is 23.7 Å². The molecule has 0 aromatic carbocycles. The van der Waals surface area contributed by atoms with Crippen molar-refractivity contribution in [3.63, 3.8) is 0 Å². The van der Waals surface area contributed by atoms with Crippen molar-refractivity contribution >= 4 is 0 Å². The summed E-state index contributed by atoms with van der Waals surface area (Å²) in [5, 5.41) is 0. The van der Waals surface area contributed by atoms with Crippen LogP contribution in [0.15, 0.2) is 0 Å². The van der Waals surface area contributed by atoms with Gasteiger partial charge in [0.15, 0.2) is 0 Å². The van der Waals surface area contributed by atoms with Crippen molar-refractivity contribution in [1.29, 1.82) is 0 Å². The Morgan fingerprint density at radius 2 is 1.67 bits per heavy atom. The van der Waals surface area contributed by atoms with E-state index in [0.29, 0.717) is 5.54 Å². The van der Waals surface area contributed by atoms with E-state index in [1.165, 1.54) is 25.8 Å². The van der Waals surface area contributed by atoms with Gasteiger partial charge in [-0.05, 0) is 56.5 Å². The molecule has 1 aliphatic heterocycles. The highest BCUT2D eigenvalue weighted by molar-refractivity contribution is 5.12. The molecule has 1 saturated carbocycles. The van der Waals surface area contributed by atoms with E-state index in [1.807, 2.05) is 0 Å². The third-order valence-corrected chi connectivity index (χ3v) is 4.98. The molecule has 15 heavy (non-hydrogen) atoms. The van der Waals surface area contributed by atoms with Gasteiger partial charge in [-0.3, -0.25) is 0 Å². The van der Waals surface area contributed by atoms with Crippen LogP contribution in [0.3, 0.4) is 0 Å². The van der Waals surface area contributed by atoms with Crippen molar-refractivity contribution in [3.8, 4) is 0 Å². The molecule has 0 aromatic heterocycles. The third-order valence-electron chi connectivity index (χ3n) is 4.98. The molecule has 1 heterocycles. The molecule has 1 nitrogen and oxygen atoms in total. The van der Waals surface area contributed by atoms with Crippen molar-refractivity contribution in [1.82, 2.24) is 4.90 Å². The van der Waals surface area contributed by atoms with Gasteiger partial charge in [-0.15, -0.1) is 0 Å². The molecule has 2 fully saturated rings. The predicted octanol–water partition coefficient (Wildman–Crippen LogP) is 3.40. The third kappa shape index (κ3) is 1.73. The molecule has 1 spiro atoms. The summed E-state index contributed by atoms with van der Waals surface area (Å²) in [7, 11) is 2.35. The molecule has 2 rings (SSSR count). The molecule has 88 valence electrons. The van der Waals surface area contributed by atoms with Crippen LogP contribution < -0.4 is 0 Å². The van der Waals surface area contributed by atoms with E-state index in [4.69, 9.17) is 0 Å². The van der Waals surface area contributed by atoms with Gasteiger partial charge in [-0.1, -0.05) is 27.7 Å². The van der Waals surface area contributed by atoms with Crippen LogP contribution in [-0.4, -0.2) is 24.0 Å². The fourth-order valence-electron chi connectivity index (χ4n) is 4.10. The SMILES string of the molecule is CC(C)C1CCN(C)C2(CC2)C1C(C)C. The van der Waals surface area contributed by atoms with Gasteiger partial charge in [0.2, 0.25) is 0 Å². The van der Waals surface area contributed by atoms with Gasteiger partial charge < -0.3 is 4.90 Å². The largest absolute Gasteiger partial charge is 0.300 e. The van der Waals surface area contributed by atoms with E-state index in [9.17, 15) is 0 Å². The average molecular weight is 209 g/mol. The van der Waals surface area contributed by atoms with Crippen LogP contribution in [-0.2, 0) is 0 Å². The van der Waals surface area contributed by atoms with Crippen molar-refractivity contribution in [2.24, 2.45) is 23.7 Å². The standard InChI is InChI=1S/C14H27N/c1-10(2)12-6-9-15(5)14(7-8-14)13(12)11(3)4/h10-13H,6-9H2,1-5H3. The molecule has 0 radical (unpaired) electrons. The summed E-state index contributed by atoms with van der Waals surface area (Å²) in [5.41, 5.74) is 0.612. The van der Waals surface area contributed by atoms with E-state index in [0.717, 1.165) is 23.7 Å². The van der Waals surface area contributed by atoms with Crippen molar-refractivity contribution < 1.29 is 0 Å². The zero-order chi connectivity index (χ0) is 11.2. The summed E-state index contributed by atoms with van der Waals surface area (Å²) in [6.07, 6.45) is 4.32. The number of rotatable bonds is 2. The van der Waals surface area contributed by atoms with Gasteiger partial charge in [-0.25, -0.2) is 0 Å². The van der Waals surface area contributed by atoms with E-state index < -0.39 is 0 Å². The fourth-order valence-corrected chi connectivity index (χ4v) is 4.10. The Labute approximate surface area is 95.2 Å². The second-order valence-electron chi connectivity index (χ2n) is 6.49. The highest BCUT2D eigenvalue weighted by Gasteiger charge is 2.57. The molecule has 0 amide bonds. The minimum absolute atomic E-state index is 0.612. The molecule has 2 aliphatic rings. The summed E-state index contributed by atoms with van der Waals surface area (Å²) in [4.78, 5) is 2.66. The summed E-state index contributed by atoms with van der Waals surface area (Å²) in [6, 6.07) is 0. The second-order valence-corrected chi connectivity index (χ2v) is 6.49. The average Bonchev–Trinajstić information content (AvgIpc) is 2.90. The quantitative estimate of drug-likeness (QED) is 0.674. The first-order valence-corrected chi connectivity index (χ1v) is 6.70. The molecule has 2 unspecified atom stereocenters. The number of hydrogen-bond donors (Lipinski definition) is 0. The van der Waals surface area contributed by atoms with E-state index in [-0.39, 0.29) is 0 Å². The lowest BCUT2D eigenvalue weighted by Gasteiger charge is -2.48. The fraction of sp³-hybridized carbons (Fsp3) is 1.00. The smallest absolute Gasteiger partial charge is 0.0241 e. The highest BCUT2D eigenvalue weighted by atomic mass is 15.2. The maximum absolute atomic E-state index is 2.66. The van der Waals surface area contributed by atoms with Gasteiger partial charge in [0.25, 0.3) is 0 Å². The Hall–Kier alpha value is -0.0400. The van der Waals surface area contributed by atoms with Crippen molar-refractivity contribution in [3.05, 3.63) is 0 Å². The van der Waals surface area contributed by atoms with Crippen molar-refractivity contribution in [2.75, 3.05) is 13.6 Å². The first kappa shape index (κ1) is 11.4. The van der Waals surface area contributed by atoms with Crippen LogP contribution in [0.2, 0.25) is 0 Å². The molecule has 1 heteroatoms. The van der Waals surface area contributed by atoms with Gasteiger partial charge in [0.1, 0.15) is 0 Å². The molecular formula is C14H27N. The van der Waals surface area contributed by atoms with Gasteiger partial charge in [0, 0.05) is 5.54 Å². The number of likely N-dealkylation sites (tertiary alicyclic amines) is 1. The van der Waals surface area contributed by atoms with Gasteiger partial charge in [0.05, 0.1) is 0 Å². The molecule has 0 N–H and O–H groups in total. The molecule has 2 atom stereocenters.